The summed E-state index contributed by atoms with van der Waals surface area (Å²) in [6, 6.07) is 7.79. The topological polar surface area (TPSA) is 49.8 Å². The van der Waals surface area contributed by atoms with Gasteiger partial charge in [0, 0.05) is 6.04 Å². The van der Waals surface area contributed by atoms with Crippen LogP contribution in [0.1, 0.15) is 44.7 Å². The molecule has 1 saturated heterocycles. The number of benzene rings is 1. The number of hydrogen-bond acceptors (Lipinski definition) is 3. The Kier molecular flexibility index (Phi) is 5.01. The van der Waals surface area contributed by atoms with Gasteiger partial charge in [-0.3, -0.25) is 9.69 Å². The summed E-state index contributed by atoms with van der Waals surface area (Å²) in [4.78, 5) is 13.4. The van der Waals surface area contributed by atoms with Crippen molar-refractivity contribution in [3.05, 3.63) is 29.8 Å². The maximum absolute atomic E-state index is 11.1. The summed E-state index contributed by atoms with van der Waals surface area (Å²) in [6.45, 7) is 5.93. The summed E-state index contributed by atoms with van der Waals surface area (Å²) in [5, 5.41) is 9.16. The van der Waals surface area contributed by atoms with Gasteiger partial charge in [0.2, 0.25) is 0 Å². The number of nitrogens with zero attached hydrogens (tertiary/aromatic N) is 1. The molecule has 20 heavy (non-hydrogen) atoms. The normalized spacial score (nSPS) is 17.4. The fourth-order valence-corrected chi connectivity index (χ4v) is 2.74. The van der Waals surface area contributed by atoms with Gasteiger partial charge in [-0.15, -0.1) is 0 Å². The Morgan fingerprint density at radius 1 is 1.35 bits per heavy atom. The Morgan fingerprint density at radius 3 is 2.65 bits per heavy atom. The van der Waals surface area contributed by atoms with Crippen molar-refractivity contribution in [2.45, 2.75) is 45.3 Å². The van der Waals surface area contributed by atoms with E-state index in [-0.39, 0.29) is 18.6 Å². The molecule has 0 aromatic heterocycles. The largest absolute Gasteiger partial charge is 0.491 e. The van der Waals surface area contributed by atoms with E-state index in [1.807, 2.05) is 38.1 Å². The molecule has 1 aromatic rings. The molecule has 1 atom stereocenters. The Labute approximate surface area is 120 Å². The molecule has 0 radical (unpaired) electrons. The SMILES string of the molecule is CC(C)Oc1cccc(C(CC(=O)O)N2CCCC2)c1. The van der Waals surface area contributed by atoms with Crippen molar-refractivity contribution in [3.63, 3.8) is 0 Å². The Hall–Kier alpha value is -1.55. The zero-order chi connectivity index (χ0) is 14.5. The van der Waals surface area contributed by atoms with Crippen LogP contribution in [-0.2, 0) is 4.79 Å². The van der Waals surface area contributed by atoms with E-state index in [0.29, 0.717) is 0 Å². The summed E-state index contributed by atoms with van der Waals surface area (Å²) in [5.41, 5.74) is 1.03. The molecule has 0 bridgehead atoms. The lowest BCUT2D eigenvalue weighted by atomic mass is 10.0. The Morgan fingerprint density at radius 2 is 2.05 bits per heavy atom. The maximum atomic E-state index is 11.1. The molecule has 1 N–H and O–H groups in total. The summed E-state index contributed by atoms with van der Waals surface area (Å²) in [5.74, 6) is 0.0594. The van der Waals surface area contributed by atoms with Crippen molar-refractivity contribution in [2.75, 3.05) is 13.1 Å². The highest BCUT2D eigenvalue weighted by Gasteiger charge is 2.25. The van der Waals surface area contributed by atoms with Crippen molar-refractivity contribution in [1.29, 1.82) is 0 Å². The fraction of sp³-hybridized carbons (Fsp3) is 0.562. The molecule has 0 amide bonds. The van der Waals surface area contributed by atoms with Gasteiger partial charge in [-0.1, -0.05) is 12.1 Å². The lowest BCUT2D eigenvalue weighted by Gasteiger charge is -2.27. The molecule has 2 rings (SSSR count). The van der Waals surface area contributed by atoms with Crippen LogP contribution in [0.4, 0.5) is 0 Å². The molecule has 0 aliphatic carbocycles. The standard InChI is InChI=1S/C16H23NO3/c1-12(2)20-14-7-5-6-13(10-14)15(11-16(18)19)17-8-3-4-9-17/h5-7,10,12,15H,3-4,8-9,11H2,1-2H3,(H,18,19). The number of ether oxygens (including phenoxy) is 1. The molecule has 1 aromatic carbocycles. The molecule has 1 aliphatic rings. The third kappa shape index (κ3) is 3.97. The molecule has 4 nitrogen and oxygen atoms in total. The first-order chi connectivity index (χ1) is 9.56. The molecule has 0 spiro atoms. The highest BCUT2D eigenvalue weighted by molar-refractivity contribution is 5.68. The first kappa shape index (κ1) is 14.9. The second-order valence-electron chi connectivity index (χ2n) is 5.60. The Bertz CT molecular complexity index is 453. The number of rotatable bonds is 6. The number of carboxylic acid groups (broad SMARTS) is 1. The lowest BCUT2D eigenvalue weighted by molar-refractivity contribution is -0.138. The molecule has 1 unspecified atom stereocenters. The summed E-state index contributed by atoms with van der Waals surface area (Å²) in [7, 11) is 0. The van der Waals surface area contributed by atoms with E-state index < -0.39 is 5.97 Å². The highest BCUT2D eigenvalue weighted by atomic mass is 16.5. The van der Waals surface area contributed by atoms with E-state index in [1.54, 1.807) is 0 Å². The van der Waals surface area contributed by atoms with Crippen LogP contribution in [-0.4, -0.2) is 35.2 Å². The lowest BCUT2D eigenvalue weighted by Crippen LogP contribution is -2.27. The monoisotopic (exact) mass is 277 g/mol. The second kappa shape index (κ2) is 6.75. The Balaban J connectivity index is 2.20. The highest BCUT2D eigenvalue weighted by Crippen LogP contribution is 2.30. The van der Waals surface area contributed by atoms with Gasteiger partial charge >= 0.3 is 5.97 Å². The van der Waals surface area contributed by atoms with Crippen molar-refractivity contribution in [3.8, 4) is 5.75 Å². The van der Waals surface area contributed by atoms with E-state index in [2.05, 4.69) is 4.90 Å². The third-order valence-corrected chi connectivity index (χ3v) is 3.56. The third-order valence-electron chi connectivity index (χ3n) is 3.56. The van der Waals surface area contributed by atoms with Crippen LogP contribution in [0.15, 0.2) is 24.3 Å². The van der Waals surface area contributed by atoms with Crippen LogP contribution >= 0.6 is 0 Å². The zero-order valence-corrected chi connectivity index (χ0v) is 12.2. The number of hydrogen-bond donors (Lipinski definition) is 1. The first-order valence-electron chi connectivity index (χ1n) is 7.28. The molecule has 1 heterocycles. The van der Waals surface area contributed by atoms with Gasteiger partial charge in [-0.25, -0.2) is 0 Å². The van der Waals surface area contributed by atoms with E-state index in [1.165, 1.54) is 0 Å². The number of carboxylic acids is 1. The smallest absolute Gasteiger partial charge is 0.305 e. The van der Waals surface area contributed by atoms with Gasteiger partial charge in [-0.2, -0.15) is 0 Å². The molecule has 1 aliphatic heterocycles. The van der Waals surface area contributed by atoms with Crippen molar-refractivity contribution >= 4 is 5.97 Å². The molecule has 110 valence electrons. The number of aliphatic carboxylic acids is 1. The molecule has 1 fully saturated rings. The van der Waals surface area contributed by atoms with Crippen LogP contribution in [0.3, 0.4) is 0 Å². The average molecular weight is 277 g/mol. The molecule has 0 saturated carbocycles. The van der Waals surface area contributed by atoms with Crippen LogP contribution < -0.4 is 4.74 Å². The molecular formula is C16H23NO3. The van der Waals surface area contributed by atoms with Gasteiger partial charge in [-0.05, 0) is 57.5 Å². The van der Waals surface area contributed by atoms with E-state index in [9.17, 15) is 4.79 Å². The molecule has 4 heteroatoms. The second-order valence-corrected chi connectivity index (χ2v) is 5.60. The van der Waals surface area contributed by atoms with Gasteiger partial charge in [0.15, 0.2) is 0 Å². The van der Waals surface area contributed by atoms with Crippen LogP contribution in [0.2, 0.25) is 0 Å². The fourth-order valence-electron chi connectivity index (χ4n) is 2.74. The predicted octanol–water partition coefficient (Wildman–Crippen LogP) is 3.09. The molecular weight excluding hydrogens is 254 g/mol. The quantitative estimate of drug-likeness (QED) is 0.868. The van der Waals surface area contributed by atoms with Crippen LogP contribution in [0.5, 0.6) is 5.75 Å². The van der Waals surface area contributed by atoms with Gasteiger partial charge in [0.05, 0.1) is 12.5 Å². The van der Waals surface area contributed by atoms with Gasteiger partial charge < -0.3 is 9.84 Å². The summed E-state index contributed by atoms with van der Waals surface area (Å²) >= 11 is 0. The number of likely N-dealkylation sites (tertiary alicyclic amines) is 1. The van der Waals surface area contributed by atoms with Crippen LogP contribution in [0, 0.1) is 0 Å². The summed E-state index contributed by atoms with van der Waals surface area (Å²) < 4.78 is 5.71. The van der Waals surface area contributed by atoms with Crippen LogP contribution in [0.25, 0.3) is 0 Å². The first-order valence-corrected chi connectivity index (χ1v) is 7.28. The van der Waals surface area contributed by atoms with Crippen molar-refractivity contribution < 1.29 is 14.6 Å². The van der Waals surface area contributed by atoms with Gasteiger partial charge in [0.1, 0.15) is 5.75 Å². The van der Waals surface area contributed by atoms with E-state index in [4.69, 9.17) is 9.84 Å². The van der Waals surface area contributed by atoms with Crippen molar-refractivity contribution in [1.82, 2.24) is 4.90 Å². The minimum Gasteiger partial charge on any atom is -0.491 e. The minimum atomic E-state index is -0.753. The zero-order valence-electron chi connectivity index (χ0n) is 12.2. The van der Waals surface area contributed by atoms with E-state index >= 15 is 0 Å². The van der Waals surface area contributed by atoms with Gasteiger partial charge in [0.25, 0.3) is 0 Å². The minimum absolute atomic E-state index is 0.0503. The maximum Gasteiger partial charge on any atom is 0.305 e. The van der Waals surface area contributed by atoms with E-state index in [0.717, 1.165) is 37.2 Å². The number of carbonyl (C=O) groups is 1. The summed E-state index contributed by atoms with van der Waals surface area (Å²) in [6.07, 6.45) is 2.57. The average Bonchev–Trinajstić information content (AvgIpc) is 2.89. The predicted molar refractivity (Wildman–Crippen MR) is 78.0 cm³/mol. The van der Waals surface area contributed by atoms with Crippen molar-refractivity contribution in [2.24, 2.45) is 0 Å².